The number of alkyl halides is 2. The molecule has 126 valence electrons. The van der Waals surface area contributed by atoms with Gasteiger partial charge in [-0.2, -0.15) is 4.98 Å². The molecule has 1 aromatic heterocycles. The first-order valence-corrected chi connectivity index (χ1v) is 8.33. The molecule has 0 aliphatic heterocycles. The summed E-state index contributed by atoms with van der Waals surface area (Å²) in [6.07, 6.45) is 4.22. The molecular weight excluding hydrogens is 312 g/mol. The number of fused-ring (bicyclic) bond motifs is 1. The van der Waals surface area contributed by atoms with Gasteiger partial charge in [0.1, 0.15) is 5.75 Å². The Bertz CT molecular complexity index is 694. The van der Waals surface area contributed by atoms with E-state index >= 15 is 0 Å². The maximum Gasteiger partial charge on any atom is 0.254 e. The van der Waals surface area contributed by atoms with E-state index in [0.29, 0.717) is 30.4 Å². The Morgan fingerprint density at radius 1 is 1.00 bits per heavy atom. The van der Waals surface area contributed by atoms with Crippen molar-refractivity contribution in [2.75, 3.05) is 5.32 Å². The standard InChI is InChI=1S/C18H19F2N3O/c19-18(20)14-8-6-12(7-9-15(14)18)22-17-21-11-10-16(23-17)24-13-4-2-1-3-5-13/h1-5,10-12,14-15H,6-9H2,(H,21,22,23). The third-order valence-corrected chi connectivity index (χ3v) is 4.95. The number of hydrogen-bond acceptors (Lipinski definition) is 4. The van der Waals surface area contributed by atoms with E-state index in [1.807, 2.05) is 30.3 Å². The molecule has 1 N–H and O–H groups in total. The van der Waals surface area contributed by atoms with Crippen molar-refractivity contribution in [1.29, 1.82) is 0 Å². The zero-order chi connectivity index (χ0) is 16.6. The molecule has 2 atom stereocenters. The summed E-state index contributed by atoms with van der Waals surface area (Å²) in [5.41, 5.74) is 0. The molecule has 2 aliphatic carbocycles. The number of ether oxygens (including phenoxy) is 1. The Balaban J connectivity index is 1.38. The summed E-state index contributed by atoms with van der Waals surface area (Å²) in [5, 5.41) is 3.27. The lowest BCUT2D eigenvalue weighted by Gasteiger charge is -2.18. The normalized spacial score (nSPS) is 27.7. The highest BCUT2D eigenvalue weighted by Crippen LogP contribution is 2.61. The Morgan fingerprint density at radius 2 is 1.71 bits per heavy atom. The number of benzene rings is 1. The molecule has 24 heavy (non-hydrogen) atoms. The van der Waals surface area contributed by atoms with Crippen LogP contribution in [-0.4, -0.2) is 21.9 Å². The second-order valence-electron chi connectivity index (χ2n) is 6.52. The second-order valence-corrected chi connectivity index (χ2v) is 6.52. The van der Waals surface area contributed by atoms with Gasteiger partial charge in [0, 0.05) is 30.1 Å². The number of halogens is 2. The lowest BCUT2D eigenvalue weighted by Crippen LogP contribution is -2.21. The SMILES string of the molecule is FC1(F)C2CCC(Nc3nccc(Oc4ccccc4)n3)CCC21. The molecule has 0 bridgehead atoms. The average molecular weight is 331 g/mol. The molecule has 1 aromatic carbocycles. The lowest BCUT2D eigenvalue weighted by molar-refractivity contribution is 0.0778. The molecule has 0 saturated heterocycles. The van der Waals surface area contributed by atoms with Crippen LogP contribution in [0.3, 0.4) is 0 Å². The first-order chi connectivity index (χ1) is 11.6. The molecule has 2 aromatic rings. The zero-order valence-corrected chi connectivity index (χ0v) is 13.2. The van der Waals surface area contributed by atoms with Gasteiger partial charge in [0.25, 0.3) is 5.92 Å². The summed E-state index contributed by atoms with van der Waals surface area (Å²) in [6, 6.07) is 11.2. The lowest BCUT2D eigenvalue weighted by atomic mass is 10.1. The number of rotatable bonds is 4. The number of nitrogens with one attached hydrogen (secondary N) is 1. The average Bonchev–Trinajstić information content (AvgIpc) is 3.18. The van der Waals surface area contributed by atoms with E-state index in [9.17, 15) is 8.78 Å². The van der Waals surface area contributed by atoms with Crippen LogP contribution in [0.15, 0.2) is 42.6 Å². The van der Waals surface area contributed by atoms with Crippen molar-refractivity contribution in [3.05, 3.63) is 42.6 Å². The highest BCUT2D eigenvalue weighted by Gasteiger charge is 2.67. The van der Waals surface area contributed by atoms with Crippen LogP contribution in [0.4, 0.5) is 14.7 Å². The fourth-order valence-electron chi connectivity index (χ4n) is 3.56. The first kappa shape index (κ1) is 15.3. The fraction of sp³-hybridized carbons (Fsp3) is 0.444. The Morgan fingerprint density at radius 3 is 2.42 bits per heavy atom. The molecule has 6 heteroatoms. The molecule has 0 spiro atoms. The second kappa shape index (κ2) is 6.00. The summed E-state index contributed by atoms with van der Waals surface area (Å²) in [4.78, 5) is 8.57. The molecule has 2 aliphatic rings. The molecule has 2 unspecified atom stereocenters. The number of aromatic nitrogens is 2. The minimum Gasteiger partial charge on any atom is -0.439 e. The van der Waals surface area contributed by atoms with Crippen molar-refractivity contribution < 1.29 is 13.5 Å². The predicted molar refractivity (Wildman–Crippen MR) is 86.4 cm³/mol. The van der Waals surface area contributed by atoms with Gasteiger partial charge in [0.05, 0.1) is 0 Å². The predicted octanol–water partition coefficient (Wildman–Crippen LogP) is 4.50. The van der Waals surface area contributed by atoms with Gasteiger partial charge in [0.2, 0.25) is 11.8 Å². The molecule has 0 amide bonds. The fourth-order valence-corrected chi connectivity index (χ4v) is 3.56. The summed E-state index contributed by atoms with van der Waals surface area (Å²) >= 11 is 0. The molecule has 4 nitrogen and oxygen atoms in total. The van der Waals surface area contributed by atoms with Crippen LogP contribution >= 0.6 is 0 Å². The van der Waals surface area contributed by atoms with E-state index in [1.165, 1.54) is 0 Å². The minimum absolute atomic E-state index is 0.139. The van der Waals surface area contributed by atoms with Crippen molar-refractivity contribution >= 4 is 5.95 Å². The minimum atomic E-state index is -2.43. The van der Waals surface area contributed by atoms with Crippen molar-refractivity contribution in [3.8, 4) is 11.6 Å². The molecular formula is C18H19F2N3O. The van der Waals surface area contributed by atoms with Crippen molar-refractivity contribution in [1.82, 2.24) is 9.97 Å². The number of anilines is 1. The van der Waals surface area contributed by atoms with Crippen LogP contribution in [0.25, 0.3) is 0 Å². The van der Waals surface area contributed by atoms with E-state index in [0.717, 1.165) is 12.8 Å². The third-order valence-electron chi connectivity index (χ3n) is 4.95. The monoisotopic (exact) mass is 331 g/mol. The number of hydrogen-bond donors (Lipinski definition) is 1. The smallest absolute Gasteiger partial charge is 0.254 e. The van der Waals surface area contributed by atoms with Gasteiger partial charge < -0.3 is 10.1 Å². The Hall–Kier alpha value is -2.24. The highest BCUT2D eigenvalue weighted by atomic mass is 19.3. The summed E-state index contributed by atoms with van der Waals surface area (Å²) in [7, 11) is 0. The van der Waals surface area contributed by atoms with Gasteiger partial charge in [-0.05, 0) is 37.8 Å². The van der Waals surface area contributed by atoms with E-state index in [-0.39, 0.29) is 6.04 Å². The van der Waals surface area contributed by atoms with Gasteiger partial charge in [-0.1, -0.05) is 18.2 Å². The molecule has 4 rings (SSSR count). The maximum atomic E-state index is 13.4. The van der Waals surface area contributed by atoms with Crippen LogP contribution < -0.4 is 10.1 Å². The highest BCUT2D eigenvalue weighted by molar-refractivity contribution is 5.32. The summed E-state index contributed by atoms with van der Waals surface area (Å²) in [5.74, 6) is -1.61. The van der Waals surface area contributed by atoms with E-state index in [4.69, 9.17) is 4.74 Å². The largest absolute Gasteiger partial charge is 0.439 e. The molecule has 2 saturated carbocycles. The van der Waals surface area contributed by atoms with Crippen molar-refractivity contribution in [2.45, 2.75) is 37.6 Å². The summed E-state index contributed by atoms with van der Waals surface area (Å²) < 4.78 is 32.6. The van der Waals surface area contributed by atoms with Gasteiger partial charge in [0.15, 0.2) is 0 Å². The Labute approximate surface area is 139 Å². The quantitative estimate of drug-likeness (QED) is 0.896. The van der Waals surface area contributed by atoms with Crippen LogP contribution in [0.2, 0.25) is 0 Å². The molecule has 1 heterocycles. The van der Waals surface area contributed by atoms with Gasteiger partial charge in [-0.3, -0.25) is 0 Å². The van der Waals surface area contributed by atoms with E-state index in [2.05, 4.69) is 15.3 Å². The van der Waals surface area contributed by atoms with Crippen LogP contribution in [-0.2, 0) is 0 Å². The van der Waals surface area contributed by atoms with Gasteiger partial charge in [-0.25, -0.2) is 13.8 Å². The van der Waals surface area contributed by atoms with Gasteiger partial charge >= 0.3 is 0 Å². The van der Waals surface area contributed by atoms with E-state index < -0.39 is 17.8 Å². The molecule has 0 radical (unpaired) electrons. The Kier molecular flexibility index (Phi) is 3.82. The zero-order valence-electron chi connectivity index (χ0n) is 13.2. The number of nitrogens with zero attached hydrogens (tertiary/aromatic N) is 2. The topological polar surface area (TPSA) is 47.0 Å². The van der Waals surface area contributed by atoms with Gasteiger partial charge in [-0.15, -0.1) is 0 Å². The maximum absolute atomic E-state index is 13.4. The van der Waals surface area contributed by atoms with Crippen molar-refractivity contribution in [3.63, 3.8) is 0 Å². The first-order valence-electron chi connectivity index (χ1n) is 8.33. The van der Waals surface area contributed by atoms with Crippen LogP contribution in [0, 0.1) is 11.8 Å². The van der Waals surface area contributed by atoms with Crippen molar-refractivity contribution in [2.24, 2.45) is 11.8 Å². The summed E-state index contributed by atoms with van der Waals surface area (Å²) in [6.45, 7) is 0. The number of para-hydroxylation sites is 1. The third kappa shape index (κ3) is 3.05. The van der Waals surface area contributed by atoms with E-state index in [1.54, 1.807) is 12.3 Å². The molecule has 2 fully saturated rings. The van der Waals surface area contributed by atoms with Crippen LogP contribution in [0.5, 0.6) is 11.6 Å². The van der Waals surface area contributed by atoms with Crippen LogP contribution in [0.1, 0.15) is 25.7 Å².